The maximum absolute atomic E-state index is 11.9. The van der Waals surface area contributed by atoms with Gasteiger partial charge in [0.2, 0.25) is 0 Å². The number of ether oxygens (including phenoxy) is 1. The van der Waals surface area contributed by atoms with E-state index in [-0.39, 0.29) is 4.32 Å². The zero-order valence-corrected chi connectivity index (χ0v) is 10.6. The fourth-order valence-electron chi connectivity index (χ4n) is 1.19. The third-order valence-electron chi connectivity index (χ3n) is 2.01. The lowest BCUT2D eigenvalue weighted by molar-refractivity contribution is 0.0849. The molecule has 1 aromatic rings. The molecule has 16 heavy (non-hydrogen) atoms. The van der Waals surface area contributed by atoms with E-state index in [9.17, 15) is 4.79 Å². The molecule has 6 heteroatoms. The van der Waals surface area contributed by atoms with Gasteiger partial charge >= 0.3 is 0 Å². The number of nitrogens with two attached hydrogens (primary N) is 1. The van der Waals surface area contributed by atoms with E-state index in [1.165, 1.54) is 7.11 Å². The smallest absolute Gasteiger partial charge is 0.277 e. The quantitative estimate of drug-likeness (QED) is 0.277. The van der Waals surface area contributed by atoms with Gasteiger partial charge < -0.3 is 4.74 Å². The average Bonchev–Trinajstić information content (AvgIpc) is 2.26. The third-order valence-corrected chi connectivity index (χ3v) is 2.42. The molecule has 0 heterocycles. The lowest BCUT2D eigenvalue weighted by Gasteiger charge is -2.16. The summed E-state index contributed by atoms with van der Waals surface area (Å²) in [6, 6.07) is 5.19. The van der Waals surface area contributed by atoms with Crippen LogP contribution in [0.5, 0.6) is 5.75 Å². The highest BCUT2D eigenvalue weighted by Gasteiger charge is 2.18. The van der Waals surface area contributed by atoms with Crippen LogP contribution < -0.4 is 10.6 Å². The van der Waals surface area contributed by atoms with Crippen molar-refractivity contribution in [1.29, 1.82) is 0 Å². The molecule has 4 nitrogen and oxygen atoms in total. The van der Waals surface area contributed by atoms with Crippen molar-refractivity contribution in [3.05, 3.63) is 29.3 Å². The maximum atomic E-state index is 11.9. The van der Waals surface area contributed by atoms with Gasteiger partial charge in [0.05, 0.1) is 12.7 Å². The minimum absolute atomic E-state index is 0.00706. The van der Waals surface area contributed by atoms with E-state index >= 15 is 0 Å². The predicted octanol–water partition coefficient (Wildman–Crippen LogP) is 1.53. The van der Waals surface area contributed by atoms with Crippen LogP contribution >= 0.6 is 24.8 Å². The number of methoxy groups -OCH3 is 1. The summed E-state index contributed by atoms with van der Waals surface area (Å²) in [6.07, 6.45) is 0. The topological polar surface area (TPSA) is 55.6 Å². The fraction of sp³-hybridized carbons (Fsp3) is 0.200. The fourth-order valence-corrected chi connectivity index (χ4v) is 1.37. The maximum Gasteiger partial charge on any atom is 0.277 e. The van der Waals surface area contributed by atoms with Crippen molar-refractivity contribution < 1.29 is 9.53 Å². The van der Waals surface area contributed by atoms with Crippen molar-refractivity contribution in [1.82, 2.24) is 5.01 Å². The van der Waals surface area contributed by atoms with Crippen LogP contribution in [0.25, 0.3) is 0 Å². The number of hydrogen-bond acceptors (Lipinski definition) is 4. The molecular formula is C10H12N2O2S2. The van der Waals surface area contributed by atoms with E-state index in [1.807, 2.05) is 6.92 Å². The number of carbonyl (C=O) groups is 1. The number of thiocarbonyl (C=S) groups is 1. The number of aryl methyl sites for hydroxylation is 1. The Labute approximate surface area is 105 Å². The van der Waals surface area contributed by atoms with Crippen LogP contribution in [-0.4, -0.2) is 22.3 Å². The summed E-state index contributed by atoms with van der Waals surface area (Å²) in [6.45, 7) is 1.90. The van der Waals surface area contributed by atoms with Gasteiger partial charge in [-0.05, 0) is 24.6 Å². The molecule has 0 aliphatic carbocycles. The molecule has 0 fully saturated rings. The highest BCUT2D eigenvalue weighted by Crippen LogP contribution is 2.21. The van der Waals surface area contributed by atoms with Gasteiger partial charge in [-0.3, -0.25) is 4.79 Å². The number of nitrogens with zero attached hydrogens (tertiary/aromatic N) is 1. The largest absolute Gasteiger partial charge is 0.496 e. The molecule has 0 saturated carbocycles. The van der Waals surface area contributed by atoms with Crippen molar-refractivity contribution in [2.75, 3.05) is 7.11 Å². The van der Waals surface area contributed by atoms with Gasteiger partial charge in [0.25, 0.3) is 5.91 Å². The summed E-state index contributed by atoms with van der Waals surface area (Å²) < 4.78 is 5.11. The van der Waals surface area contributed by atoms with Crippen LogP contribution in [0.2, 0.25) is 0 Å². The van der Waals surface area contributed by atoms with Crippen molar-refractivity contribution in [2.45, 2.75) is 6.92 Å². The highest BCUT2D eigenvalue weighted by molar-refractivity contribution is 8.11. The molecule has 1 rings (SSSR count). The molecule has 0 bridgehead atoms. The lowest BCUT2D eigenvalue weighted by Crippen LogP contribution is -2.39. The Morgan fingerprint density at radius 3 is 2.69 bits per heavy atom. The van der Waals surface area contributed by atoms with E-state index in [2.05, 4.69) is 12.6 Å². The van der Waals surface area contributed by atoms with Gasteiger partial charge in [0.1, 0.15) is 5.75 Å². The number of thiol groups is 1. The molecule has 86 valence electrons. The summed E-state index contributed by atoms with van der Waals surface area (Å²) in [5, 5.41) is 0.797. The van der Waals surface area contributed by atoms with Crippen molar-refractivity contribution in [2.24, 2.45) is 5.84 Å². The van der Waals surface area contributed by atoms with Crippen molar-refractivity contribution in [3.63, 3.8) is 0 Å². The van der Waals surface area contributed by atoms with E-state index in [4.69, 9.17) is 22.8 Å². The van der Waals surface area contributed by atoms with Gasteiger partial charge in [-0.15, -0.1) is 12.6 Å². The second-order valence-electron chi connectivity index (χ2n) is 3.16. The molecule has 0 spiro atoms. The number of amides is 1. The van der Waals surface area contributed by atoms with E-state index < -0.39 is 5.91 Å². The summed E-state index contributed by atoms with van der Waals surface area (Å²) in [5.74, 6) is 5.48. The average molecular weight is 256 g/mol. The van der Waals surface area contributed by atoms with Crippen LogP contribution in [0.3, 0.4) is 0 Å². The number of benzene rings is 1. The standard InChI is InChI=1S/C10H12N2O2S2/c1-6-3-4-7(8(5-6)14-2)9(13)12(11)10(15)16/h3-5H,11H2,1-2H3,(H,15,16). The number of hydrazine groups is 1. The SMILES string of the molecule is COc1cc(C)ccc1C(=O)N(N)C(=S)S. The zero-order valence-electron chi connectivity index (χ0n) is 8.93. The molecule has 0 aromatic heterocycles. The molecule has 2 N–H and O–H groups in total. The second kappa shape index (κ2) is 5.29. The summed E-state index contributed by atoms with van der Waals surface area (Å²) in [4.78, 5) is 11.9. The number of rotatable bonds is 2. The van der Waals surface area contributed by atoms with Gasteiger partial charge in [0.15, 0.2) is 4.32 Å². The zero-order chi connectivity index (χ0) is 12.3. The van der Waals surface area contributed by atoms with Crippen LogP contribution in [0.4, 0.5) is 0 Å². The van der Waals surface area contributed by atoms with Crippen LogP contribution in [0, 0.1) is 6.92 Å². The monoisotopic (exact) mass is 256 g/mol. The molecule has 0 unspecified atom stereocenters. The third kappa shape index (κ3) is 2.72. The normalized spacial score (nSPS) is 9.75. The molecule has 0 aliphatic heterocycles. The predicted molar refractivity (Wildman–Crippen MR) is 69.7 cm³/mol. The second-order valence-corrected chi connectivity index (χ2v) is 4.27. The molecule has 1 aromatic carbocycles. The van der Waals surface area contributed by atoms with Gasteiger partial charge in [-0.2, -0.15) is 0 Å². The Hall–Kier alpha value is -1.11. The van der Waals surface area contributed by atoms with Crippen molar-refractivity contribution >= 4 is 35.1 Å². The first-order valence-corrected chi connectivity index (χ1v) is 5.29. The molecule has 0 radical (unpaired) electrons. The van der Waals surface area contributed by atoms with Gasteiger partial charge in [-0.1, -0.05) is 18.3 Å². The van der Waals surface area contributed by atoms with Crippen LogP contribution in [-0.2, 0) is 0 Å². The summed E-state index contributed by atoms with van der Waals surface area (Å²) >= 11 is 8.54. The minimum Gasteiger partial charge on any atom is -0.496 e. The van der Waals surface area contributed by atoms with Crippen molar-refractivity contribution in [3.8, 4) is 5.75 Å². The number of carbonyl (C=O) groups excluding carboxylic acids is 1. The molecule has 0 aliphatic rings. The van der Waals surface area contributed by atoms with E-state index in [0.29, 0.717) is 11.3 Å². The Kier molecular flexibility index (Phi) is 4.28. The lowest BCUT2D eigenvalue weighted by atomic mass is 10.1. The summed E-state index contributed by atoms with van der Waals surface area (Å²) in [7, 11) is 1.49. The van der Waals surface area contributed by atoms with Gasteiger partial charge in [-0.25, -0.2) is 10.9 Å². The first kappa shape index (κ1) is 13.0. The van der Waals surface area contributed by atoms with E-state index in [0.717, 1.165) is 10.6 Å². The Bertz CT molecular complexity index is 435. The minimum atomic E-state index is -0.447. The van der Waals surface area contributed by atoms with Crippen LogP contribution in [0.15, 0.2) is 18.2 Å². The van der Waals surface area contributed by atoms with E-state index in [1.54, 1.807) is 18.2 Å². The Balaban J connectivity index is 3.13. The first-order valence-electron chi connectivity index (χ1n) is 4.44. The first-order chi connectivity index (χ1) is 7.47. The molecule has 0 saturated heterocycles. The Morgan fingerprint density at radius 2 is 2.19 bits per heavy atom. The molecule has 1 amide bonds. The number of hydrogen-bond donors (Lipinski definition) is 2. The Morgan fingerprint density at radius 1 is 1.56 bits per heavy atom. The molecule has 0 atom stereocenters. The highest BCUT2D eigenvalue weighted by atomic mass is 32.1. The van der Waals surface area contributed by atoms with Gasteiger partial charge in [0, 0.05) is 0 Å². The summed E-state index contributed by atoms with van der Waals surface area (Å²) in [5.41, 5.74) is 1.34. The van der Waals surface area contributed by atoms with Crippen LogP contribution in [0.1, 0.15) is 15.9 Å². The molecular weight excluding hydrogens is 244 g/mol.